The molecule has 3 rings (SSSR count). The van der Waals surface area contributed by atoms with Crippen LogP contribution in [0.25, 0.3) is 0 Å². The average molecular weight is 302 g/mol. The van der Waals surface area contributed by atoms with E-state index in [-0.39, 0.29) is 12.1 Å². The van der Waals surface area contributed by atoms with Gasteiger partial charge in [0.2, 0.25) is 0 Å². The second kappa shape index (κ2) is 6.82. The Bertz CT molecular complexity index is 493. The Morgan fingerprint density at radius 1 is 1.14 bits per heavy atom. The topological polar surface area (TPSA) is 35.5 Å². The molecule has 120 valence electrons. The van der Waals surface area contributed by atoms with Gasteiger partial charge in [0.15, 0.2) is 0 Å². The van der Waals surface area contributed by atoms with E-state index in [9.17, 15) is 4.79 Å². The molecule has 1 aromatic rings. The molecule has 0 aromatic heterocycles. The highest BCUT2D eigenvalue weighted by molar-refractivity contribution is 5.78. The molecule has 0 radical (unpaired) electrons. The Hall–Kier alpha value is -1.35. The van der Waals surface area contributed by atoms with E-state index in [4.69, 9.17) is 9.47 Å². The number of methoxy groups -OCH3 is 1. The van der Waals surface area contributed by atoms with Crippen molar-refractivity contribution in [3.63, 3.8) is 0 Å². The van der Waals surface area contributed by atoms with E-state index in [0.29, 0.717) is 12.5 Å². The highest BCUT2D eigenvalue weighted by Crippen LogP contribution is 2.52. The van der Waals surface area contributed by atoms with Crippen molar-refractivity contribution in [2.24, 2.45) is 11.3 Å². The van der Waals surface area contributed by atoms with Crippen LogP contribution in [0.4, 0.5) is 0 Å². The second-order valence-corrected chi connectivity index (χ2v) is 6.69. The quantitative estimate of drug-likeness (QED) is 0.768. The molecule has 2 atom stereocenters. The Balaban J connectivity index is 1.77. The van der Waals surface area contributed by atoms with E-state index in [1.807, 2.05) is 18.2 Å². The van der Waals surface area contributed by atoms with Crippen molar-refractivity contribution in [2.45, 2.75) is 57.7 Å². The third-order valence-electron chi connectivity index (χ3n) is 5.57. The van der Waals surface area contributed by atoms with Gasteiger partial charge in [-0.05, 0) is 43.6 Å². The minimum Gasteiger partial charge on any atom is -0.469 e. The number of hydrogen-bond donors (Lipinski definition) is 0. The normalized spacial score (nSPS) is 28.9. The molecule has 2 aliphatic carbocycles. The van der Waals surface area contributed by atoms with Crippen molar-refractivity contribution >= 4 is 5.97 Å². The SMILES string of the molecule is COC(=O)C1(C2CCCC2)CCCC1OCc1ccccc1. The highest BCUT2D eigenvalue weighted by atomic mass is 16.5. The summed E-state index contributed by atoms with van der Waals surface area (Å²) in [6.07, 6.45) is 7.69. The van der Waals surface area contributed by atoms with Gasteiger partial charge in [0.1, 0.15) is 0 Å². The van der Waals surface area contributed by atoms with Gasteiger partial charge in [0.05, 0.1) is 25.2 Å². The number of carbonyl (C=O) groups is 1. The number of benzene rings is 1. The van der Waals surface area contributed by atoms with E-state index in [2.05, 4.69) is 12.1 Å². The van der Waals surface area contributed by atoms with Crippen molar-refractivity contribution in [3.05, 3.63) is 35.9 Å². The van der Waals surface area contributed by atoms with Gasteiger partial charge >= 0.3 is 5.97 Å². The Kier molecular flexibility index (Phi) is 4.82. The molecule has 2 fully saturated rings. The third-order valence-corrected chi connectivity index (χ3v) is 5.57. The van der Waals surface area contributed by atoms with Crippen molar-refractivity contribution in [1.82, 2.24) is 0 Å². The first-order chi connectivity index (χ1) is 10.8. The maximum absolute atomic E-state index is 12.6. The van der Waals surface area contributed by atoms with E-state index in [1.54, 1.807) is 0 Å². The first-order valence-electron chi connectivity index (χ1n) is 8.51. The van der Waals surface area contributed by atoms with Gasteiger partial charge in [-0.3, -0.25) is 4.79 Å². The summed E-state index contributed by atoms with van der Waals surface area (Å²) in [7, 11) is 1.52. The van der Waals surface area contributed by atoms with Crippen LogP contribution in [-0.4, -0.2) is 19.2 Å². The van der Waals surface area contributed by atoms with Crippen LogP contribution in [0.15, 0.2) is 30.3 Å². The lowest BCUT2D eigenvalue weighted by Crippen LogP contribution is -2.46. The summed E-state index contributed by atoms with van der Waals surface area (Å²) in [5, 5.41) is 0. The predicted octanol–water partition coefficient (Wildman–Crippen LogP) is 4.11. The predicted molar refractivity (Wildman–Crippen MR) is 85.3 cm³/mol. The number of esters is 1. The van der Waals surface area contributed by atoms with Crippen molar-refractivity contribution in [2.75, 3.05) is 7.11 Å². The first-order valence-corrected chi connectivity index (χ1v) is 8.51. The molecule has 0 amide bonds. The van der Waals surface area contributed by atoms with Crippen molar-refractivity contribution in [3.8, 4) is 0 Å². The van der Waals surface area contributed by atoms with Crippen LogP contribution in [0, 0.1) is 11.3 Å². The average Bonchev–Trinajstić information content (AvgIpc) is 3.23. The van der Waals surface area contributed by atoms with Gasteiger partial charge in [0, 0.05) is 0 Å². The molecule has 0 saturated heterocycles. The number of carbonyl (C=O) groups excluding carboxylic acids is 1. The maximum atomic E-state index is 12.6. The molecular weight excluding hydrogens is 276 g/mol. The van der Waals surface area contributed by atoms with E-state index < -0.39 is 5.41 Å². The molecule has 0 heterocycles. The molecule has 0 spiro atoms. The van der Waals surface area contributed by atoms with Gasteiger partial charge in [-0.2, -0.15) is 0 Å². The van der Waals surface area contributed by atoms with Crippen LogP contribution >= 0.6 is 0 Å². The molecule has 3 nitrogen and oxygen atoms in total. The van der Waals surface area contributed by atoms with Crippen LogP contribution in [0.2, 0.25) is 0 Å². The molecule has 2 unspecified atom stereocenters. The third kappa shape index (κ3) is 2.79. The molecular formula is C19H26O3. The van der Waals surface area contributed by atoms with Gasteiger partial charge in [-0.25, -0.2) is 0 Å². The van der Waals surface area contributed by atoms with Crippen molar-refractivity contribution in [1.29, 1.82) is 0 Å². The zero-order valence-electron chi connectivity index (χ0n) is 13.4. The van der Waals surface area contributed by atoms with Gasteiger partial charge in [0.25, 0.3) is 0 Å². The summed E-state index contributed by atoms with van der Waals surface area (Å²) >= 11 is 0. The van der Waals surface area contributed by atoms with Crippen LogP contribution in [0.5, 0.6) is 0 Å². The van der Waals surface area contributed by atoms with E-state index >= 15 is 0 Å². The fraction of sp³-hybridized carbons (Fsp3) is 0.632. The van der Waals surface area contributed by atoms with Crippen LogP contribution in [-0.2, 0) is 20.9 Å². The summed E-state index contributed by atoms with van der Waals surface area (Å²) in [6.45, 7) is 0.580. The van der Waals surface area contributed by atoms with Gasteiger partial charge in [-0.1, -0.05) is 43.2 Å². The van der Waals surface area contributed by atoms with Crippen LogP contribution in [0.3, 0.4) is 0 Å². The maximum Gasteiger partial charge on any atom is 0.314 e. The zero-order chi connectivity index (χ0) is 15.4. The minimum absolute atomic E-state index is 0.00301. The smallest absolute Gasteiger partial charge is 0.314 e. The summed E-state index contributed by atoms with van der Waals surface area (Å²) in [4.78, 5) is 12.6. The Morgan fingerprint density at radius 2 is 1.86 bits per heavy atom. The number of rotatable bonds is 5. The molecule has 3 heteroatoms. The highest BCUT2D eigenvalue weighted by Gasteiger charge is 2.56. The van der Waals surface area contributed by atoms with Crippen LogP contribution in [0.1, 0.15) is 50.5 Å². The number of hydrogen-bond acceptors (Lipinski definition) is 3. The Labute approximate surface area is 133 Å². The lowest BCUT2D eigenvalue weighted by Gasteiger charge is -2.37. The fourth-order valence-corrected chi connectivity index (χ4v) is 4.50. The summed E-state index contributed by atoms with van der Waals surface area (Å²) < 4.78 is 11.5. The largest absolute Gasteiger partial charge is 0.469 e. The summed E-state index contributed by atoms with van der Waals surface area (Å²) in [5.74, 6) is 0.387. The first kappa shape index (κ1) is 15.5. The van der Waals surface area contributed by atoms with Crippen LogP contribution < -0.4 is 0 Å². The Morgan fingerprint density at radius 3 is 2.55 bits per heavy atom. The molecule has 0 N–H and O–H groups in total. The monoisotopic (exact) mass is 302 g/mol. The number of ether oxygens (including phenoxy) is 2. The summed E-state index contributed by atoms with van der Waals surface area (Å²) in [6, 6.07) is 10.2. The second-order valence-electron chi connectivity index (χ2n) is 6.69. The minimum atomic E-state index is -0.403. The molecule has 2 saturated carbocycles. The molecule has 0 bridgehead atoms. The molecule has 1 aromatic carbocycles. The standard InChI is InChI=1S/C19H26O3/c1-21-18(20)19(16-10-5-6-11-16)13-7-12-17(19)22-14-15-8-3-2-4-9-15/h2-4,8-9,16-17H,5-7,10-14H2,1H3. The van der Waals surface area contributed by atoms with Gasteiger partial charge in [-0.15, -0.1) is 0 Å². The van der Waals surface area contributed by atoms with Gasteiger partial charge < -0.3 is 9.47 Å². The van der Waals surface area contributed by atoms with Crippen molar-refractivity contribution < 1.29 is 14.3 Å². The fourth-order valence-electron chi connectivity index (χ4n) is 4.50. The molecule has 2 aliphatic rings. The molecule has 22 heavy (non-hydrogen) atoms. The van der Waals surface area contributed by atoms with E-state index in [0.717, 1.165) is 32.1 Å². The molecule has 0 aliphatic heterocycles. The zero-order valence-corrected chi connectivity index (χ0v) is 13.4. The summed E-state index contributed by atoms with van der Waals surface area (Å²) in [5.41, 5.74) is 0.764. The van der Waals surface area contributed by atoms with E-state index in [1.165, 1.54) is 25.5 Å². The lowest BCUT2D eigenvalue weighted by atomic mass is 9.71. The lowest BCUT2D eigenvalue weighted by molar-refractivity contribution is -0.168.